The van der Waals surface area contributed by atoms with Crippen molar-refractivity contribution in [2.45, 2.75) is 23.5 Å². The van der Waals surface area contributed by atoms with E-state index in [0.717, 1.165) is 40.4 Å². The van der Waals surface area contributed by atoms with Crippen LogP contribution in [0.25, 0.3) is 26.1 Å². The summed E-state index contributed by atoms with van der Waals surface area (Å²) in [6.07, 6.45) is 5.98. The molecule has 5 aromatic rings. The lowest BCUT2D eigenvalue weighted by molar-refractivity contribution is 0.0950. The third-order valence-corrected chi connectivity index (χ3v) is 8.65. The number of nitrogens with one attached hydrogen (secondary N) is 1. The monoisotopic (exact) mass is 515 g/mol. The molecule has 0 aliphatic carbocycles. The number of thioether (sulfide) groups is 1. The average Bonchev–Trinajstić information content (AvgIpc) is 3.56. The van der Waals surface area contributed by atoms with Gasteiger partial charge in [0.2, 0.25) is 5.43 Å². The average molecular weight is 516 g/mol. The summed E-state index contributed by atoms with van der Waals surface area (Å²) in [5.41, 5.74) is 2.39. The highest BCUT2D eigenvalue weighted by atomic mass is 32.2. The van der Waals surface area contributed by atoms with E-state index in [1.807, 2.05) is 52.9 Å². The second-order valence-electron chi connectivity index (χ2n) is 8.87. The van der Waals surface area contributed by atoms with Crippen LogP contribution in [0, 0.1) is 0 Å². The Balaban J connectivity index is 1.41. The summed E-state index contributed by atoms with van der Waals surface area (Å²) in [6.45, 7) is 3.46. The van der Waals surface area contributed by atoms with Crippen LogP contribution in [0.5, 0.6) is 0 Å². The van der Waals surface area contributed by atoms with Crippen molar-refractivity contribution in [3.05, 3.63) is 82.4 Å². The number of carbonyl (C=O) groups is 1. The number of nitrogens with zero attached hydrogens (tertiary/aromatic N) is 4. The van der Waals surface area contributed by atoms with Crippen LogP contribution in [-0.2, 0) is 5.75 Å². The molecule has 1 amide bonds. The number of hydrogen-bond donors (Lipinski definition) is 1. The van der Waals surface area contributed by atoms with Crippen LogP contribution in [0.15, 0.2) is 70.6 Å². The van der Waals surface area contributed by atoms with Gasteiger partial charge < -0.3 is 10.2 Å². The lowest BCUT2D eigenvalue weighted by atomic mass is 10.1. The summed E-state index contributed by atoms with van der Waals surface area (Å²) in [6, 6.07) is 15.6. The predicted molar refractivity (Wildman–Crippen MR) is 146 cm³/mol. The van der Waals surface area contributed by atoms with Gasteiger partial charge >= 0.3 is 0 Å². The molecule has 1 aliphatic heterocycles. The van der Waals surface area contributed by atoms with Crippen LogP contribution in [0.1, 0.15) is 28.9 Å². The van der Waals surface area contributed by atoms with Crippen molar-refractivity contribution >= 4 is 55.1 Å². The number of para-hydroxylation sites is 1. The summed E-state index contributed by atoms with van der Waals surface area (Å²) >= 11 is 3.03. The van der Waals surface area contributed by atoms with Gasteiger partial charge in [-0.3, -0.25) is 19.0 Å². The maximum absolute atomic E-state index is 13.8. The molecule has 1 fully saturated rings. The van der Waals surface area contributed by atoms with E-state index in [1.54, 1.807) is 24.2 Å². The van der Waals surface area contributed by atoms with E-state index in [4.69, 9.17) is 4.98 Å². The van der Waals surface area contributed by atoms with Crippen LogP contribution >= 0.6 is 23.1 Å². The molecule has 0 saturated carbocycles. The van der Waals surface area contributed by atoms with Crippen molar-refractivity contribution in [2.75, 3.05) is 26.2 Å². The Bertz CT molecular complexity index is 1620. The molecule has 0 radical (unpaired) electrons. The summed E-state index contributed by atoms with van der Waals surface area (Å²) in [7, 11) is 0. The van der Waals surface area contributed by atoms with Gasteiger partial charge in [0.05, 0.1) is 21.3 Å². The fourth-order valence-corrected chi connectivity index (χ4v) is 6.71. The second-order valence-corrected chi connectivity index (χ2v) is 11.0. The molecule has 1 aliphatic rings. The normalized spacial score (nSPS) is 14.2. The first-order valence-electron chi connectivity index (χ1n) is 12.1. The van der Waals surface area contributed by atoms with Gasteiger partial charge in [0, 0.05) is 36.1 Å². The van der Waals surface area contributed by atoms with Gasteiger partial charge in [-0.25, -0.2) is 4.98 Å². The first-order valence-corrected chi connectivity index (χ1v) is 13.9. The topological polar surface area (TPSA) is 79.6 Å². The maximum Gasteiger partial charge on any atom is 0.258 e. The van der Waals surface area contributed by atoms with E-state index in [1.165, 1.54) is 24.2 Å². The van der Waals surface area contributed by atoms with Gasteiger partial charge in [0.1, 0.15) is 16.0 Å². The lowest BCUT2D eigenvalue weighted by Gasteiger charge is -2.15. The van der Waals surface area contributed by atoms with Crippen LogP contribution in [-0.4, -0.2) is 51.4 Å². The van der Waals surface area contributed by atoms with E-state index in [2.05, 4.69) is 15.2 Å². The zero-order valence-electron chi connectivity index (χ0n) is 19.6. The summed E-state index contributed by atoms with van der Waals surface area (Å²) in [5.74, 6) is 0.347. The van der Waals surface area contributed by atoms with Crippen molar-refractivity contribution in [2.24, 2.45) is 0 Å². The molecule has 1 N–H and O–H groups in total. The maximum atomic E-state index is 13.8. The van der Waals surface area contributed by atoms with Gasteiger partial charge in [0.15, 0.2) is 0 Å². The van der Waals surface area contributed by atoms with E-state index in [0.29, 0.717) is 28.2 Å². The fraction of sp³-hybridized carbons (Fsp3) is 0.259. The van der Waals surface area contributed by atoms with E-state index >= 15 is 0 Å². The minimum Gasteiger partial charge on any atom is -0.351 e. The van der Waals surface area contributed by atoms with Crippen molar-refractivity contribution < 1.29 is 4.79 Å². The van der Waals surface area contributed by atoms with Crippen LogP contribution in [0.2, 0.25) is 0 Å². The molecule has 0 unspecified atom stereocenters. The molecule has 5 heterocycles. The molecular weight excluding hydrogens is 490 g/mol. The second kappa shape index (κ2) is 10.0. The smallest absolute Gasteiger partial charge is 0.258 e. The van der Waals surface area contributed by atoms with E-state index in [9.17, 15) is 9.59 Å². The van der Waals surface area contributed by atoms with Crippen LogP contribution in [0.3, 0.4) is 0 Å². The molecule has 9 heteroatoms. The minimum absolute atomic E-state index is 0.193. The van der Waals surface area contributed by atoms with Gasteiger partial charge in [0.25, 0.3) is 5.91 Å². The highest BCUT2D eigenvalue weighted by Crippen LogP contribution is 2.32. The first-order chi connectivity index (χ1) is 17.7. The number of hydrogen-bond acceptors (Lipinski definition) is 7. The van der Waals surface area contributed by atoms with E-state index in [-0.39, 0.29) is 16.9 Å². The number of aromatic nitrogens is 3. The van der Waals surface area contributed by atoms with Crippen molar-refractivity contribution in [1.82, 2.24) is 24.6 Å². The Labute approximate surface area is 216 Å². The number of pyridine rings is 3. The summed E-state index contributed by atoms with van der Waals surface area (Å²) < 4.78 is 2.96. The number of likely N-dealkylation sites (tertiary alicyclic amines) is 1. The van der Waals surface area contributed by atoms with Gasteiger partial charge in [-0.05, 0) is 56.3 Å². The van der Waals surface area contributed by atoms with Gasteiger partial charge in [-0.2, -0.15) is 0 Å². The molecule has 1 saturated heterocycles. The first kappa shape index (κ1) is 23.1. The largest absolute Gasteiger partial charge is 0.351 e. The highest BCUT2D eigenvalue weighted by molar-refractivity contribution is 7.98. The van der Waals surface area contributed by atoms with Crippen LogP contribution < -0.4 is 10.7 Å². The lowest BCUT2D eigenvalue weighted by Crippen LogP contribution is -2.35. The standard InChI is InChI=1S/C27H25N5O2S2/c33-24-20-15-19(35-17-18-7-3-4-10-28-18)16-30-25(20)32-21-8-1-2-9-22(21)36-27(32)23(24)26(34)29-11-14-31-12-5-6-13-31/h1-4,7-10,15-16H,5-6,11-14,17H2,(H,29,34). The Morgan fingerprint density at radius 3 is 2.75 bits per heavy atom. The molecule has 182 valence electrons. The molecule has 6 rings (SSSR count). The molecular formula is C27H25N5O2S2. The van der Waals surface area contributed by atoms with Crippen molar-refractivity contribution in [3.8, 4) is 0 Å². The Kier molecular flexibility index (Phi) is 6.43. The van der Waals surface area contributed by atoms with Gasteiger partial charge in [-0.1, -0.05) is 18.2 Å². The zero-order chi connectivity index (χ0) is 24.5. The summed E-state index contributed by atoms with van der Waals surface area (Å²) in [4.78, 5) is 40.1. The third-order valence-electron chi connectivity index (χ3n) is 6.51. The zero-order valence-corrected chi connectivity index (χ0v) is 21.3. The molecule has 4 aromatic heterocycles. The molecule has 36 heavy (non-hydrogen) atoms. The van der Waals surface area contributed by atoms with Gasteiger partial charge in [-0.15, -0.1) is 23.1 Å². The number of rotatable bonds is 7. The number of carbonyl (C=O) groups excluding carboxylic acids is 1. The molecule has 0 spiro atoms. The number of thiazole rings is 1. The SMILES string of the molecule is O=C(NCCN1CCCC1)c1c(=O)c2cc(SCc3ccccn3)cnc2n2c1sc1ccccc12. The predicted octanol–water partition coefficient (Wildman–Crippen LogP) is 4.58. The molecule has 7 nitrogen and oxygen atoms in total. The Morgan fingerprint density at radius 1 is 1.08 bits per heavy atom. The van der Waals surface area contributed by atoms with E-state index < -0.39 is 0 Å². The van der Waals surface area contributed by atoms with Crippen molar-refractivity contribution in [3.63, 3.8) is 0 Å². The molecule has 1 aromatic carbocycles. The summed E-state index contributed by atoms with van der Waals surface area (Å²) in [5, 5.41) is 3.46. The molecule has 0 bridgehead atoms. The van der Waals surface area contributed by atoms with Crippen molar-refractivity contribution in [1.29, 1.82) is 0 Å². The number of fused-ring (bicyclic) bond motifs is 5. The minimum atomic E-state index is -0.323. The number of benzene rings is 1. The quantitative estimate of drug-likeness (QED) is 0.320. The number of amides is 1. The molecule has 0 atom stereocenters. The van der Waals surface area contributed by atoms with Crippen LogP contribution in [0.4, 0.5) is 0 Å². The third kappa shape index (κ3) is 4.38. The Morgan fingerprint density at radius 2 is 1.92 bits per heavy atom. The Hall–Kier alpha value is -3.27. The highest BCUT2D eigenvalue weighted by Gasteiger charge is 2.23. The fourth-order valence-electron chi connectivity index (χ4n) is 4.72.